The number of benzene rings is 2. The van der Waals surface area contributed by atoms with Crippen LogP contribution in [-0.4, -0.2) is 67.7 Å². The quantitative estimate of drug-likeness (QED) is 0.0934. The van der Waals surface area contributed by atoms with Crippen molar-refractivity contribution in [1.82, 2.24) is 30.0 Å². The summed E-state index contributed by atoms with van der Waals surface area (Å²) in [5.41, 5.74) is 7.19. The predicted molar refractivity (Wildman–Crippen MR) is 192 cm³/mol. The highest BCUT2D eigenvalue weighted by Crippen LogP contribution is 2.48. The van der Waals surface area contributed by atoms with Gasteiger partial charge in [0.05, 0.1) is 38.4 Å². The van der Waals surface area contributed by atoms with Crippen LogP contribution in [0.1, 0.15) is 87.4 Å². The Labute approximate surface area is 312 Å². The van der Waals surface area contributed by atoms with Crippen LogP contribution in [0.5, 0.6) is 0 Å². The van der Waals surface area contributed by atoms with Crippen LogP contribution in [0.15, 0.2) is 53.2 Å². The fourth-order valence-electron chi connectivity index (χ4n) is 5.04. The van der Waals surface area contributed by atoms with E-state index < -0.39 is 65.7 Å². The molecule has 2 aromatic heterocycles. The summed E-state index contributed by atoms with van der Waals surface area (Å²) in [6.45, 7) is 10.4. The Kier molecular flexibility index (Phi) is 12.5. The third-order valence-electron chi connectivity index (χ3n) is 7.87. The number of ether oxygens (including phenoxy) is 1. The number of nitrogens with two attached hydrogens (primary N) is 1. The number of carbonyl (C=O) groups is 2. The molecular weight excluding hydrogens is 743 g/mol. The summed E-state index contributed by atoms with van der Waals surface area (Å²) in [5.74, 6) is -6.36. The summed E-state index contributed by atoms with van der Waals surface area (Å²) in [7, 11) is 1.25. The fourth-order valence-corrected chi connectivity index (χ4v) is 6.04. The number of aliphatic imine (C=N–C) groups is 1. The molecule has 53 heavy (non-hydrogen) atoms. The number of hydrogen-bond acceptors (Lipinski definition) is 8. The normalized spacial score (nSPS) is 14.6. The number of aromatic nitrogens is 4. The summed E-state index contributed by atoms with van der Waals surface area (Å²) < 4.78 is 77.5. The summed E-state index contributed by atoms with van der Waals surface area (Å²) in [5, 5.41) is 5.98. The Morgan fingerprint density at radius 3 is 2.32 bits per heavy atom. The highest BCUT2D eigenvalue weighted by Gasteiger charge is 2.60. The van der Waals surface area contributed by atoms with Crippen LogP contribution in [0.3, 0.4) is 0 Å². The molecule has 2 aromatic carbocycles. The van der Waals surface area contributed by atoms with E-state index in [1.54, 1.807) is 12.4 Å². The largest absolute Gasteiger partial charge is 0.447 e. The molecule has 1 aliphatic rings. The highest BCUT2D eigenvalue weighted by atomic mass is 35.5. The SMILES string of the molecule is CC(C)(C)C.CN=C(N)N(C(=O)c1ccc(-c2scnc2C)cc1F)C(COC(=O)NC1(C(C)(F)F)CC1)c1ccc(Cl)c(-n2ncnc2C(F)F)c1. The Balaban J connectivity index is 0.00000117. The molecule has 1 unspecified atom stereocenters. The molecule has 1 aliphatic carbocycles. The second kappa shape index (κ2) is 16.2. The molecule has 0 aliphatic heterocycles. The van der Waals surface area contributed by atoms with Crippen LogP contribution in [0.25, 0.3) is 16.1 Å². The molecule has 2 heterocycles. The van der Waals surface area contributed by atoms with Gasteiger partial charge >= 0.3 is 6.09 Å². The van der Waals surface area contributed by atoms with Gasteiger partial charge in [0.15, 0.2) is 11.8 Å². The van der Waals surface area contributed by atoms with E-state index in [-0.39, 0.29) is 29.1 Å². The first-order chi connectivity index (χ1) is 24.7. The number of alkyl carbamates (subject to hydrolysis) is 1. The average Bonchev–Trinajstić information content (AvgIpc) is 3.47. The number of rotatable bonds is 10. The van der Waals surface area contributed by atoms with Gasteiger partial charge in [-0.3, -0.25) is 14.7 Å². The molecule has 1 fully saturated rings. The maximum absolute atomic E-state index is 15.6. The first kappa shape index (κ1) is 41.1. The van der Waals surface area contributed by atoms with Gasteiger partial charge in [0, 0.05) is 14.0 Å². The molecule has 286 valence electrons. The van der Waals surface area contributed by atoms with E-state index >= 15 is 4.39 Å². The van der Waals surface area contributed by atoms with E-state index in [2.05, 4.69) is 53.1 Å². The minimum atomic E-state index is -3.25. The molecule has 11 nitrogen and oxygen atoms in total. The molecule has 5 rings (SSSR count). The molecular formula is C35H40ClF5N8O3S. The number of aryl methyl sites for hydroxylation is 1. The Bertz CT molecular complexity index is 1960. The summed E-state index contributed by atoms with van der Waals surface area (Å²) in [6, 6.07) is 6.46. The zero-order valence-corrected chi connectivity index (χ0v) is 31.6. The average molecular weight is 783 g/mol. The smallest absolute Gasteiger partial charge is 0.407 e. The molecule has 0 spiro atoms. The lowest BCUT2D eigenvalue weighted by Crippen LogP contribution is -2.50. The number of nitrogens with one attached hydrogen (secondary N) is 1. The number of alkyl halides is 4. The molecule has 1 saturated carbocycles. The van der Waals surface area contributed by atoms with Crippen molar-refractivity contribution < 1.29 is 36.3 Å². The molecule has 3 N–H and O–H groups in total. The fraction of sp³-hybridized carbons (Fsp3) is 0.429. The molecule has 2 amide bonds. The van der Waals surface area contributed by atoms with Gasteiger partial charge in [0.2, 0.25) is 0 Å². The van der Waals surface area contributed by atoms with Gasteiger partial charge in [0.25, 0.3) is 18.3 Å². The number of hydrogen-bond donors (Lipinski definition) is 2. The van der Waals surface area contributed by atoms with Crippen LogP contribution in [0, 0.1) is 18.2 Å². The maximum Gasteiger partial charge on any atom is 0.407 e. The Morgan fingerprint density at radius 2 is 1.79 bits per heavy atom. The number of guanidine groups is 1. The lowest BCUT2D eigenvalue weighted by molar-refractivity contribution is -0.0304. The van der Waals surface area contributed by atoms with Crippen LogP contribution in [0.4, 0.5) is 26.7 Å². The van der Waals surface area contributed by atoms with Gasteiger partial charge in [-0.25, -0.2) is 41.4 Å². The third-order valence-corrected chi connectivity index (χ3v) is 9.17. The number of carbonyl (C=O) groups excluding carboxylic acids is 2. The van der Waals surface area contributed by atoms with Crippen molar-refractivity contribution in [1.29, 1.82) is 0 Å². The molecule has 18 heteroatoms. The monoisotopic (exact) mass is 782 g/mol. The Hall–Kier alpha value is -4.64. The minimum Gasteiger partial charge on any atom is -0.447 e. The topological polar surface area (TPSA) is 141 Å². The first-order valence-electron chi connectivity index (χ1n) is 16.2. The standard InChI is InChI=1S/C30H28ClF5N8O3S.C5H12/c1-15-23(48-14-40-15)17-4-6-18(20(32)10-17)26(45)43(27(37)38-3)22(12-47-28(46)42-30(8-9-30)29(2,35)36)16-5-7-19(31)21(11-16)44-25(24(33)34)39-13-41-44;1-5(2,3)4/h4-7,10-11,13-14,22,24H,8-9,12H2,1-3H3,(H2,37,38)(H,42,46);1-4H3. The molecule has 0 radical (unpaired) electrons. The lowest BCUT2D eigenvalue weighted by atomic mass is 10.0. The van der Waals surface area contributed by atoms with Crippen LogP contribution >= 0.6 is 22.9 Å². The lowest BCUT2D eigenvalue weighted by Gasteiger charge is -2.32. The highest BCUT2D eigenvalue weighted by molar-refractivity contribution is 7.13. The maximum atomic E-state index is 15.6. The van der Waals surface area contributed by atoms with Crippen molar-refractivity contribution >= 4 is 40.9 Å². The number of halogens is 6. The van der Waals surface area contributed by atoms with Crippen molar-refractivity contribution in [2.45, 2.75) is 78.3 Å². The van der Waals surface area contributed by atoms with Gasteiger partial charge < -0.3 is 15.8 Å². The minimum absolute atomic E-state index is 0.0102. The second-order valence-electron chi connectivity index (χ2n) is 14.0. The van der Waals surface area contributed by atoms with E-state index in [4.69, 9.17) is 22.1 Å². The molecule has 0 bridgehead atoms. The number of nitrogens with zero attached hydrogens (tertiary/aromatic N) is 6. The number of amides is 2. The van der Waals surface area contributed by atoms with E-state index in [9.17, 15) is 27.2 Å². The van der Waals surface area contributed by atoms with E-state index in [0.29, 0.717) is 28.5 Å². The van der Waals surface area contributed by atoms with Crippen LogP contribution < -0.4 is 11.1 Å². The van der Waals surface area contributed by atoms with Crippen molar-refractivity contribution in [2.75, 3.05) is 13.7 Å². The van der Waals surface area contributed by atoms with Crippen molar-refractivity contribution in [3.8, 4) is 16.1 Å². The second-order valence-corrected chi connectivity index (χ2v) is 15.2. The zero-order valence-electron chi connectivity index (χ0n) is 30.1. The molecule has 4 aromatic rings. The van der Waals surface area contributed by atoms with Gasteiger partial charge in [-0.1, -0.05) is 51.4 Å². The molecule has 1 atom stereocenters. The molecule has 0 saturated heterocycles. The number of thiazole rings is 1. The summed E-state index contributed by atoms with van der Waals surface area (Å²) >= 11 is 7.64. The van der Waals surface area contributed by atoms with E-state index in [1.807, 2.05) is 0 Å². The van der Waals surface area contributed by atoms with E-state index in [1.165, 1.54) is 48.7 Å². The predicted octanol–water partition coefficient (Wildman–Crippen LogP) is 8.52. The third kappa shape index (κ3) is 9.87. The van der Waals surface area contributed by atoms with Gasteiger partial charge in [-0.2, -0.15) is 5.10 Å². The van der Waals surface area contributed by atoms with Crippen molar-refractivity contribution in [3.05, 3.63) is 81.7 Å². The van der Waals surface area contributed by atoms with Crippen molar-refractivity contribution in [2.24, 2.45) is 16.1 Å². The van der Waals surface area contributed by atoms with Gasteiger partial charge in [-0.05, 0) is 60.6 Å². The van der Waals surface area contributed by atoms with E-state index in [0.717, 1.165) is 22.0 Å². The van der Waals surface area contributed by atoms with Gasteiger partial charge in [0.1, 0.15) is 24.3 Å². The van der Waals surface area contributed by atoms with Crippen molar-refractivity contribution in [3.63, 3.8) is 0 Å². The zero-order chi connectivity index (χ0) is 39.5. The summed E-state index contributed by atoms with van der Waals surface area (Å²) in [4.78, 5) is 40.1. The van der Waals surface area contributed by atoms with Crippen LogP contribution in [-0.2, 0) is 4.74 Å². The first-order valence-corrected chi connectivity index (χ1v) is 17.5. The summed E-state index contributed by atoms with van der Waals surface area (Å²) in [6.07, 6.45) is -3.35. The van der Waals surface area contributed by atoms with Gasteiger partial charge in [-0.15, -0.1) is 11.3 Å². The Morgan fingerprint density at radius 1 is 1.13 bits per heavy atom. The van der Waals surface area contributed by atoms with Crippen LogP contribution in [0.2, 0.25) is 5.02 Å².